The monoisotopic (exact) mass is 190 g/mol. The van der Waals surface area contributed by atoms with Crippen molar-refractivity contribution in [2.75, 3.05) is 5.75 Å². The standard InChI is InChI=1S/C8H14O3S/c1-4-12-8(2,3)6(9)5-7(10)11/h4-5H2,1-3H3,(H,10,11). The number of carbonyl (C=O) groups is 2. The van der Waals surface area contributed by atoms with Gasteiger partial charge in [0.1, 0.15) is 6.42 Å². The fourth-order valence-corrected chi connectivity index (χ4v) is 1.75. The molecule has 0 aliphatic rings. The molecule has 0 aliphatic heterocycles. The normalized spacial score (nSPS) is 11.2. The van der Waals surface area contributed by atoms with Gasteiger partial charge in [-0.2, -0.15) is 0 Å². The highest BCUT2D eigenvalue weighted by molar-refractivity contribution is 8.01. The van der Waals surface area contributed by atoms with Gasteiger partial charge in [0.15, 0.2) is 5.78 Å². The van der Waals surface area contributed by atoms with Crippen LogP contribution in [0.25, 0.3) is 0 Å². The van der Waals surface area contributed by atoms with Crippen molar-refractivity contribution in [3.8, 4) is 0 Å². The fraction of sp³-hybridized carbons (Fsp3) is 0.750. The molecule has 0 aromatic heterocycles. The molecule has 0 spiro atoms. The molecular formula is C8H14O3S. The van der Waals surface area contributed by atoms with Gasteiger partial charge in [-0.25, -0.2) is 0 Å². The van der Waals surface area contributed by atoms with E-state index in [4.69, 9.17) is 5.11 Å². The van der Waals surface area contributed by atoms with Gasteiger partial charge in [-0.05, 0) is 19.6 Å². The minimum Gasteiger partial charge on any atom is -0.481 e. The molecule has 0 aromatic carbocycles. The number of ketones is 1. The summed E-state index contributed by atoms with van der Waals surface area (Å²) in [5.74, 6) is -0.454. The third-order valence-corrected chi connectivity index (χ3v) is 2.73. The van der Waals surface area contributed by atoms with E-state index in [1.807, 2.05) is 6.92 Å². The van der Waals surface area contributed by atoms with Crippen LogP contribution in [0.2, 0.25) is 0 Å². The molecule has 3 nitrogen and oxygen atoms in total. The number of hydrogen-bond acceptors (Lipinski definition) is 3. The summed E-state index contributed by atoms with van der Waals surface area (Å²) in [6.07, 6.45) is -0.375. The zero-order valence-corrected chi connectivity index (χ0v) is 8.40. The van der Waals surface area contributed by atoms with Crippen LogP contribution in [0, 0.1) is 0 Å². The summed E-state index contributed by atoms with van der Waals surface area (Å²) in [6, 6.07) is 0. The second-order valence-corrected chi connectivity index (χ2v) is 4.82. The average molecular weight is 190 g/mol. The van der Waals surface area contributed by atoms with E-state index in [0.29, 0.717) is 0 Å². The van der Waals surface area contributed by atoms with Gasteiger partial charge in [0.05, 0.1) is 4.75 Å². The van der Waals surface area contributed by atoms with Crippen molar-refractivity contribution < 1.29 is 14.7 Å². The number of carbonyl (C=O) groups excluding carboxylic acids is 1. The zero-order valence-electron chi connectivity index (χ0n) is 7.59. The van der Waals surface area contributed by atoms with E-state index in [0.717, 1.165) is 5.75 Å². The van der Waals surface area contributed by atoms with E-state index in [-0.39, 0.29) is 12.2 Å². The topological polar surface area (TPSA) is 54.4 Å². The lowest BCUT2D eigenvalue weighted by Crippen LogP contribution is -2.29. The molecule has 0 amide bonds. The molecule has 70 valence electrons. The number of rotatable bonds is 5. The second kappa shape index (κ2) is 4.50. The van der Waals surface area contributed by atoms with E-state index in [1.165, 1.54) is 11.8 Å². The van der Waals surface area contributed by atoms with Crippen molar-refractivity contribution >= 4 is 23.5 Å². The highest BCUT2D eigenvalue weighted by atomic mass is 32.2. The van der Waals surface area contributed by atoms with Crippen LogP contribution in [0.15, 0.2) is 0 Å². The first kappa shape index (κ1) is 11.5. The molecule has 0 bridgehead atoms. The summed E-state index contributed by atoms with van der Waals surface area (Å²) in [5, 5.41) is 8.39. The molecule has 0 aliphatic carbocycles. The van der Waals surface area contributed by atoms with E-state index in [1.54, 1.807) is 13.8 Å². The second-order valence-electron chi connectivity index (χ2n) is 2.94. The molecule has 4 heteroatoms. The molecule has 1 N–H and O–H groups in total. The number of Topliss-reactive ketones (excluding diaryl/α,β-unsaturated/α-hetero) is 1. The number of hydrogen-bond donors (Lipinski definition) is 1. The summed E-state index contributed by atoms with van der Waals surface area (Å²) in [4.78, 5) is 21.5. The Morgan fingerprint density at radius 3 is 2.25 bits per heavy atom. The van der Waals surface area contributed by atoms with E-state index < -0.39 is 10.7 Å². The number of aliphatic carboxylic acids is 1. The number of thioether (sulfide) groups is 1. The van der Waals surface area contributed by atoms with Gasteiger partial charge in [-0.1, -0.05) is 6.92 Å². The van der Waals surface area contributed by atoms with Gasteiger partial charge in [0.2, 0.25) is 0 Å². The summed E-state index contributed by atoms with van der Waals surface area (Å²) in [6.45, 7) is 5.46. The lowest BCUT2D eigenvalue weighted by Gasteiger charge is -2.20. The predicted octanol–water partition coefficient (Wildman–Crippen LogP) is 1.56. The average Bonchev–Trinajstić information content (AvgIpc) is 1.85. The lowest BCUT2D eigenvalue weighted by molar-refractivity contribution is -0.140. The van der Waals surface area contributed by atoms with Crippen molar-refractivity contribution in [3.63, 3.8) is 0 Å². The maximum Gasteiger partial charge on any atom is 0.310 e. The highest BCUT2D eigenvalue weighted by Crippen LogP contribution is 2.25. The van der Waals surface area contributed by atoms with Crippen LogP contribution in [-0.2, 0) is 9.59 Å². The van der Waals surface area contributed by atoms with Gasteiger partial charge in [0, 0.05) is 0 Å². The highest BCUT2D eigenvalue weighted by Gasteiger charge is 2.28. The van der Waals surface area contributed by atoms with Crippen molar-refractivity contribution in [2.24, 2.45) is 0 Å². The number of carboxylic acid groups (broad SMARTS) is 1. The molecule has 0 saturated heterocycles. The van der Waals surface area contributed by atoms with Crippen LogP contribution in [0.1, 0.15) is 27.2 Å². The van der Waals surface area contributed by atoms with Crippen molar-refractivity contribution in [3.05, 3.63) is 0 Å². The van der Waals surface area contributed by atoms with Crippen LogP contribution in [0.3, 0.4) is 0 Å². The Morgan fingerprint density at radius 2 is 1.92 bits per heavy atom. The molecule has 0 rings (SSSR count). The zero-order chi connectivity index (χ0) is 9.78. The minimum atomic E-state index is -1.05. The summed E-state index contributed by atoms with van der Waals surface area (Å²) < 4.78 is -0.562. The summed E-state index contributed by atoms with van der Waals surface area (Å²) in [7, 11) is 0. The Morgan fingerprint density at radius 1 is 1.42 bits per heavy atom. The van der Waals surface area contributed by atoms with Crippen molar-refractivity contribution in [1.29, 1.82) is 0 Å². The van der Waals surface area contributed by atoms with Gasteiger partial charge >= 0.3 is 5.97 Å². The van der Waals surface area contributed by atoms with Crippen LogP contribution in [0.4, 0.5) is 0 Å². The van der Waals surface area contributed by atoms with Crippen LogP contribution < -0.4 is 0 Å². The fourth-order valence-electron chi connectivity index (χ4n) is 0.792. The Kier molecular flexibility index (Phi) is 4.31. The predicted molar refractivity (Wildman–Crippen MR) is 49.5 cm³/mol. The molecule has 0 heterocycles. The Balaban J connectivity index is 4.15. The molecule has 0 unspecified atom stereocenters. The summed E-state index contributed by atoms with van der Waals surface area (Å²) >= 11 is 1.47. The smallest absolute Gasteiger partial charge is 0.310 e. The minimum absolute atomic E-state index is 0.221. The molecule has 0 fully saturated rings. The van der Waals surface area contributed by atoms with Gasteiger partial charge in [-0.15, -0.1) is 11.8 Å². The first-order valence-corrected chi connectivity index (χ1v) is 4.77. The third kappa shape index (κ3) is 3.76. The molecule has 0 saturated carbocycles. The van der Waals surface area contributed by atoms with E-state index >= 15 is 0 Å². The number of carboxylic acids is 1. The Bertz CT molecular complexity index is 187. The third-order valence-electron chi connectivity index (χ3n) is 1.49. The largest absolute Gasteiger partial charge is 0.481 e. The molecule has 0 atom stereocenters. The van der Waals surface area contributed by atoms with E-state index in [9.17, 15) is 9.59 Å². The first-order chi connectivity index (χ1) is 5.40. The van der Waals surface area contributed by atoms with Gasteiger partial charge in [0.25, 0.3) is 0 Å². The molecule has 0 radical (unpaired) electrons. The van der Waals surface area contributed by atoms with Crippen molar-refractivity contribution in [1.82, 2.24) is 0 Å². The Labute approximate surface area is 76.5 Å². The van der Waals surface area contributed by atoms with Gasteiger partial charge < -0.3 is 5.11 Å². The van der Waals surface area contributed by atoms with Crippen LogP contribution >= 0.6 is 11.8 Å². The van der Waals surface area contributed by atoms with Crippen molar-refractivity contribution in [2.45, 2.75) is 31.9 Å². The Hall–Kier alpha value is -0.510. The molecule has 12 heavy (non-hydrogen) atoms. The first-order valence-electron chi connectivity index (χ1n) is 3.79. The van der Waals surface area contributed by atoms with Crippen LogP contribution in [-0.4, -0.2) is 27.4 Å². The van der Waals surface area contributed by atoms with Gasteiger partial charge in [-0.3, -0.25) is 9.59 Å². The SMILES string of the molecule is CCSC(C)(C)C(=O)CC(=O)O. The maximum absolute atomic E-state index is 11.3. The van der Waals surface area contributed by atoms with E-state index in [2.05, 4.69) is 0 Å². The summed E-state index contributed by atoms with van der Waals surface area (Å²) in [5.41, 5.74) is 0. The quantitative estimate of drug-likeness (QED) is 0.668. The molecular weight excluding hydrogens is 176 g/mol. The van der Waals surface area contributed by atoms with Crippen LogP contribution in [0.5, 0.6) is 0 Å². The molecule has 0 aromatic rings. The maximum atomic E-state index is 11.3. The lowest BCUT2D eigenvalue weighted by atomic mass is 10.1.